The Balaban J connectivity index is 2.39. The second kappa shape index (κ2) is 7.37. The maximum absolute atomic E-state index is 12.0. The summed E-state index contributed by atoms with van der Waals surface area (Å²) >= 11 is 0. The summed E-state index contributed by atoms with van der Waals surface area (Å²) in [7, 11) is 0. The molecular formula is C14H24N2O3. The number of hydrogen-bond acceptors (Lipinski definition) is 4. The summed E-state index contributed by atoms with van der Waals surface area (Å²) in [5.74, 6) is 5.41. The SMILES string of the molecule is CC(C)(C)OC(=O)N1CCCC(NCC#CCO)C1. The van der Waals surface area contributed by atoms with Crippen LogP contribution in [0.1, 0.15) is 33.6 Å². The Labute approximate surface area is 115 Å². The molecule has 108 valence electrons. The van der Waals surface area contributed by atoms with Gasteiger partial charge in [-0.1, -0.05) is 11.8 Å². The van der Waals surface area contributed by atoms with Gasteiger partial charge in [0.25, 0.3) is 0 Å². The summed E-state index contributed by atoms with van der Waals surface area (Å²) in [6, 6.07) is 0.245. The van der Waals surface area contributed by atoms with Crippen LogP contribution >= 0.6 is 0 Å². The number of carbonyl (C=O) groups excluding carboxylic acids is 1. The van der Waals surface area contributed by atoms with E-state index in [0.29, 0.717) is 13.1 Å². The van der Waals surface area contributed by atoms with Crippen LogP contribution in [0.5, 0.6) is 0 Å². The van der Waals surface area contributed by atoms with Gasteiger partial charge in [0.05, 0.1) is 6.54 Å². The third-order valence-corrected chi connectivity index (χ3v) is 2.76. The molecule has 0 radical (unpaired) electrons. The number of amides is 1. The number of nitrogens with zero attached hydrogens (tertiary/aromatic N) is 1. The van der Waals surface area contributed by atoms with E-state index < -0.39 is 5.60 Å². The average Bonchev–Trinajstić information content (AvgIpc) is 2.33. The zero-order chi connectivity index (χ0) is 14.3. The molecule has 1 atom stereocenters. The number of nitrogens with one attached hydrogen (secondary N) is 1. The number of rotatable bonds is 2. The van der Waals surface area contributed by atoms with Crippen molar-refractivity contribution >= 4 is 6.09 Å². The van der Waals surface area contributed by atoms with Crippen molar-refractivity contribution in [1.82, 2.24) is 10.2 Å². The van der Waals surface area contributed by atoms with Crippen molar-refractivity contribution in [2.75, 3.05) is 26.2 Å². The second-order valence-corrected chi connectivity index (χ2v) is 5.66. The first-order valence-corrected chi connectivity index (χ1v) is 6.70. The molecule has 0 bridgehead atoms. The lowest BCUT2D eigenvalue weighted by atomic mass is 10.1. The number of aliphatic hydroxyl groups is 1. The Morgan fingerprint density at radius 2 is 2.21 bits per heavy atom. The third-order valence-electron chi connectivity index (χ3n) is 2.76. The summed E-state index contributed by atoms with van der Waals surface area (Å²) in [6.07, 6.45) is 1.74. The van der Waals surface area contributed by atoms with Gasteiger partial charge in [-0.05, 0) is 33.6 Å². The molecule has 1 heterocycles. The molecule has 0 aliphatic carbocycles. The van der Waals surface area contributed by atoms with Crippen LogP contribution in [0.2, 0.25) is 0 Å². The van der Waals surface area contributed by atoms with Crippen molar-refractivity contribution in [1.29, 1.82) is 0 Å². The molecular weight excluding hydrogens is 244 g/mol. The number of aliphatic hydroxyl groups excluding tert-OH is 1. The molecule has 0 aromatic carbocycles. The fraction of sp³-hybridized carbons (Fsp3) is 0.786. The van der Waals surface area contributed by atoms with Crippen molar-refractivity contribution < 1.29 is 14.6 Å². The molecule has 2 N–H and O–H groups in total. The summed E-state index contributed by atoms with van der Waals surface area (Å²) in [4.78, 5) is 13.7. The molecule has 1 unspecified atom stereocenters. The zero-order valence-corrected chi connectivity index (χ0v) is 12.0. The van der Waals surface area contributed by atoms with Gasteiger partial charge in [0.1, 0.15) is 12.2 Å². The van der Waals surface area contributed by atoms with Gasteiger partial charge in [-0.25, -0.2) is 4.79 Å². The maximum atomic E-state index is 12.0. The predicted octanol–water partition coefficient (Wildman–Crippen LogP) is 0.971. The maximum Gasteiger partial charge on any atom is 0.410 e. The van der Waals surface area contributed by atoms with E-state index in [4.69, 9.17) is 9.84 Å². The highest BCUT2D eigenvalue weighted by molar-refractivity contribution is 5.68. The fourth-order valence-corrected chi connectivity index (χ4v) is 1.95. The third kappa shape index (κ3) is 6.46. The van der Waals surface area contributed by atoms with Gasteiger partial charge in [0.2, 0.25) is 0 Å². The summed E-state index contributed by atoms with van der Waals surface area (Å²) in [5.41, 5.74) is -0.454. The minimum Gasteiger partial charge on any atom is -0.444 e. The van der Waals surface area contributed by atoms with Crippen LogP contribution in [0.25, 0.3) is 0 Å². The summed E-state index contributed by atoms with van der Waals surface area (Å²) < 4.78 is 5.37. The molecule has 0 aromatic heterocycles. The molecule has 5 nitrogen and oxygen atoms in total. The van der Waals surface area contributed by atoms with Crippen LogP contribution in [0, 0.1) is 11.8 Å². The normalized spacial score (nSPS) is 19.6. The first kappa shape index (κ1) is 15.8. The highest BCUT2D eigenvalue weighted by Gasteiger charge is 2.27. The lowest BCUT2D eigenvalue weighted by Gasteiger charge is -2.34. The Morgan fingerprint density at radius 1 is 1.47 bits per heavy atom. The molecule has 1 saturated heterocycles. The lowest BCUT2D eigenvalue weighted by Crippen LogP contribution is -2.49. The Kier molecular flexibility index (Phi) is 6.13. The number of ether oxygens (including phenoxy) is 1. The quantitative estimate of drug-likeness (QED) is 0.733. The largest absolute Gasteiger partial charge is 0.444 e. The average molecular weight is 268 g/mol. The second-order valence-electron chi connectivity index (χ2n) is 5.66. The van der Waals surface area contributed by atoms with Gasteiger partial charge in [-0.15, -0.1) is 0 Å². The predicted molar refractivity (Wildman–Crippen MR) is 73.7 cm³/mol. The van der Waals surface area contributed by atoms with Crippen LogP contribution in [-0.2, 0) is 4.74 Å². The minimum absolute atomic E-state index is 0.115. The Morgan fingerprint density at radius 3 is 2.84 bits per heavy atom. The van der Waals surface area contributed by atoms with Crippen molar-refractivity contribution in [3.8, 4) is 11.8 Å². The van der Waals surface area contributed by atoms with E-state index in [1.165, 1.54) is 0 Å². The van der Waals surface area contributed by atoms with Gasteiger partial charge >= 0.3 is 6.09 Å². The van der Waals surface area contributed by atoms with E-state index in [-0.39, 0.29) is 18.7 Å². The minimum atomic E-state index is -0.454. The zero-order valence-electron chi connectivity index (χ0n) is 12.0. The van der Waals surface area contributed by atoms with Crippen LogP contribution in [0.3, 0.4) is 0 Å². The monoisotopic (exact) mass is 268 g/mol. The van der Waals surface area contributed by atoms with Crippen molar-refractivity contribution in [2.45, 2.75) is 45.3 Å². The smallest absolute Gasteiger partial charge is 0.410 e. The molecule has 0 saturated carbocycles. The molecule has 5 heteroatoms. The molecule has 1 rings (SSSR count). The molecule has 1 amide bonds. The number of hydrogen-bond donors (Lipinski definition) is 2. The topological polar surface area (TPSA) is 61.8 Å². The van der Waals surface area contributed by atoms with Gasteiger partial charge in [-0.2, -0.15) is 0 Å². The van der Waals surface area contributed by atoms with E-state index in [1.807, 2.05) is 20.8 Å². The standard InChI is InChI=1S/C14H24N2O3/c1-14(2,3)19-13(18)16-9-6-7-12(11-16)15-8-4-5-10-17/h12,15,17H,6-11H2,1-3H3. The molecule has 1 aliphatic heterocycles. The van der Waals surface area contributed by atoms with E-state index in [0.717, 1.165) is 19.4 Å². The van der Waals surface area contributed by atoms with Crippen molar-refractivity contribution in [2.24, 2.45) is 0 Å². The molecule has 1 fully saturated rings. The Hall–Kier alpha value is -1.25. The first-order chi connectivity index (χ1) is 8.92. The Bertz CT molecular complexity index is 352. The number of likely N-dealkylation sites (tertiary alicyclic amines) is 1. The number of carbonyl (C=O) groups is 1. The molecule has 0 spiro atoms. The summed E-state index contributed by atoms with van der Waals surface area (Å²) in [5, 5.41) is 11.8. The fourth-order valence-electron chi connectivity index (χ4n) is 1.95. The highest BCUT2D eigenvalue weighted by Crippen LogP contribution is 2.15. The van der Waals surface area contributed by atoms with Gasteiger partial charge < -0.3 is 20.1 Å². The van der Waals surface area contributed by atoms with Crippen LogP contribution in [0.4, 0.5) is 4.79 Å². The molecule has 0 aromatic rings. The van der Waals surface area contributed by atoms with E-state index in [2.05, 4.69) is 17.2 Å². The number of piperidine rings is 1. The van der Waals surface area contributed by atoms with E-state index in [9.17, 15) is 4.79 Å². The van der Waals surface area contributed by atoms with Crippen molar-refractivity contribution in [3.05, 3.63) is 0 Å². The van der Waals surface area contributed by atoms with Gasteiger partial charge in [-0.3, -0.25) is 0 Å². The van der Waals surface area contributed by atoms with Crippen molar-refractivity contribution in [3.63, 3.8) is 0 Å². The van der Waals surface area contributed by atoms with E-state index >= 15 is 0 Å². The van der Waals surface area contributed by atoms with Crippen LogP contribution in [0.15, 0.2) is 0 Å². The summed E-state index contributed by atoms with van der Waals surface area (Å²) in [6.45, 7) is 7.42. The molecule has 19 heavy (non-hydrogen) atoms. The molecule has 1 aliphatic rings. The van der Waals surface area contributed by atoms with Gasteiger partial charge in [0, 0.05) is 19.1 Å². The van der Waals surface area contributed by atoms with E-state index in [1.54, 1.807) is 4.90 Å². The highest BCUT2D eigenvalue weighted by atomic mass is 16.6. The van der Waals surface area contributed by atoms with Crippen LogP contribution < -0.4 is 5.32 Å². The first-order valence-electron chi connectivity index (χ1n) is 6.70. The lowest BCUT2D eigenvalue weighted by molar-refractivity contribution is 0.0189. The van der Waals surface area contributed by atoms with Gasteiger partial charge in [0.15, 0.2) is 0 Å². The van der Waals surface area contributed by atoms with Crippen LogP contribution in [-0.4, -0.2) is 54.0 Å².